The maximum atomic E-state index is 12.6. The summed E-state index contributed by atoms with van der Waals surface area (Å²) in [5, 5.41) is 0. The van der Waals surface area contributed by atoms with Crippen molar-refractivity contribution in [1.29, 1.82) is 0 Å². The van der Waals surface area contributed by atoms with Crippen molar-refractivity contribution in [3.8, 4) is 0 Å². The maximum Gasteiger partial charge on any atom is 0.391 e. The fourth-order valence-corrected chi connectivity index (χ4v) is 3.85. The highest BCUT2D eigenvalue weighted by Crippen LogP contribution is 2.35. The standard InChI is InChI=1S/C11H15F3N4O2S/c12-11(13,14)8-3-6-18(7-4-8)21(19,20)9-2-1-5-16-10(9)17-15/h1-2,5,8H,3-4,6-7,15H2,(H,16,17). The summed E-state index contributed by atoms with van der Waals surface area (Å²) >= 11 is 0. The van der Waals surface area contributed by atoms with Gasteiger partial charge in [-0.2, -0.15) is 17.5 Å². The number of pyridine rings is 1. The third-order valence-corrected chi connectivity index (χ3v) is 5.37. The number of piperidine rings is 1. The molecule has 6 nitrogen and oxygen atoms in total. The van der Waals surface area contributed by atoms with Crippen LogP contribution in [0.2, 0.25) is 0 Å². The first kappa shape index (κ1) is 16.0. The number of nitrogen functional groups attached to an aromatic ring is 1. The summed E-state index contributed by atoms with van der Waals surface area (Å²) in [7, 11) is -3.91. The van der Waals surface area contributed by atoms with Crippen molar-refractivity contribution < 1.29 is 21.6 Å². The SMILES string of the molecule is NNc1ncccc1S(=O)(=O)N1CCC(C(F)(F)F)CC1. The van der Waals surface area contributed by atoms with E-state index in [0.29, 0.717) is 0 Å². The van der Waals surface area contributed by atoms with Crippen LogP contribution < -0.4 is 11.3 Å². The molecule has 3 N–H and O–H groups in total. The highest BCUT2D eigenvalue weighted by molar-refractivity contribution is 7.89. The van der Waals surface area contributed by atoms with Gasteiger partial charge in [0, 0.05) is 19.3 Å². The number of aromatic nitrogens is 1. The molecular weight excluding hydrogens is 309 g/mol. The number of hydrogen-bond donors (Lipinski definition) is 2. The van der Waals surface area contributed by atoms with Crippen molar-refractivity contribution in [2.75, 3.05) is 18.5 Å². The number of halogens is 3. The van der Waals surface area contributed by atoms with E-state index in [1.54, 1.807) is 0 Å². The fraction of sp³-hybridized carbons (Fsp3) is 0.545. The van der Waals surface area contributed by atoms with E-state index >= 15 is 0 Å². The van der Waals surface area contributed by atoms with Gasteiger partial charge in [-0.1, -0.05) is 0 Å². The molecule has 118 valence electrons. The number of hydrazine groups is 1. The Bertz CT molecular complexity index is 598. The molecule has 1 aliphatic heterocycles. The van der Waals surface area contributed by atoms with Crippen LogP contribution in [0.25, 0.3) is 0 Å². The average Bonchev–Trinajstić information content (AvgIpc) is 2.46. The van der Waals surface area contributed by atoms with Gasteiger partial charge in [0.2, 0.25) is 10.0 Å². The topological polar surface area (TPSA) is 88.3 Å². The molecule has 2 heterocycles. The van der Waals surface area contributed by atoms with Gasteiger partial charge in [0.15, 0.2) is 5.82 Å². The largest absolute Gasteiger partial charge is 0.391 e. The van der Waals surface area contributed by atoms with E-state index in [2.05, 4.69) is 10.4 Å². The molecule has 0 atom stereocenters. The summed E-state index contributed by atoms with van der Waals surface area (Å²) < 4.78 is 63.7. The first-order valence-electron chi connectivity index (χ1n) is 6.25. The molecule has 0 radical (unpaired) electrons. The summed E-state index contributed by atoms with van der Waals surface area (Å²) in [5.41, 5.74) is 2.18. The summed E-state index contributed by atoms with van der Waals surface area (Å²) in [4.78, 5) is 3.65. The summed E-state index contributed by atoms with van der Waals surface area (Å²) in [6, 6.07) is 2.74. The van der Waals surface area contributed by atoms with Gasteiger partial charge < -0.3 is 5.43 Å². The molecule has 10 heteroatoms. The molecule has 1 fully saturated rings. The lowest BCUT2D eigenvalue weighted by molar-refractivity contribution is -0.182. The van der Waals surface area contributed by atoms with Crippen LogP contribution in [0.3, 0.4) is 0 Å². The van der Waals surface area contributed by atoms with E-state index in [1.165, 1.54) is 18.3 Å². The molecule has 1 saturated heterocycles. The molecule has 21 heavy (non-hydrogen) atoms. The predicted molar refractivity (Wildman–Crippen MR) is 69.6 cm³/mol. The van der Waals surface area contributed by atoms with E-state index in [4.69, 9.17) is 5.84 Å². The summed E-state index contributed by atoms with van der Waals surface area (Å²) in [5.74, 6) is 3.73. The third kappa shape index (κ3) is 3.27. The van der Waals surface area contributed by atoms with Crippen LogP contribution in [0.5, 0.6) is 0 Å². The molecule has 2 rings (SSSR count). The predicted octanol–water partition coefficient (Wildman–Crippen LogP) is 1.33. The second kappa shape index (κ2) is 5.78. The lowest BCUT2D eigenvalue weighted by atomic mass is 9.98. The number of rotatable bonds is 3. The van der Waals surface area contributed by atoms with Crippen molar-refractivity contribution in [3.63, 3.8) is 0 Å². The van der Waals surface area contributed by atoms with Gasteiger partial charge in [0.1, 0.15) is 4.90 Å². The number of nitrogens with zero attached hydrogens (tertiary/aromatic N) is 2. The van der Waals surface area contributed by atoms with Crippen LogP contribution in [0, 0.1) is 5.92 Å². The Balaban J connectivity index is 2.19. The van der Waals surface area contributed by atoms with Gasteiger partial charge in [0.05, 0.1) is 5.92 Å². The number of sulfonamides is 1. The van der Waals surface area contributed by atoms with Gasteiger partial charge in [-0.15, -0.1) is 0 Å². The van der Waals surface area contributed by atoms with Gasteiger partial charge in [-0.3, -0.25) is 0 Å². The molecule has 0 aromatic carbocycles. The molecular formula is C11H15F3N4O2S. The smallest absolute Gasteiger partial charge is 0.307 e. The Hall–Kier alpha value is -1.39. The molecule has 1 aromatic rings. The van der Waals surface area contributed by atoms with Crippen LogP contribution in [0.4, 0.5) is 19.0 Å². The van der Waals surface area contributed by atoms with E-state index in [-0.39, 0.29) is 36.6 Å². The number of nitrogens with two attached hydrogens (primary N) is 1. The van der Waals surface area contributed by atoms with Crippen LogP contribution in [-0.2, 0) is 10.0 Å². The molecule has 0 unspecified atom stereocenters. The summed E-state index contributed by atoms with van der Waals surface area (Å²) in [6.07, 6.45) is -3.40. The number of alkyl halides is 3. The van der Waals surface area contributed by atoms with Crippen LogP contribution in [0.1, 0.15) is 12.8 Å². The number of anilines is 1. The van der Waals surface area contributed by atoms with E-state index < -0.39 is 22.1 Å². The second-order valence-electron chi connectivity index (χ2n) is 4.71. The average molecular weight is 324 g/mol. The van der Waals surface area contributed by atoms with Crippen molar-refractivity contribution >= 4 is 15.8 Å². The molecule has 0 amide bonds. The molecule has 0 bridgehead atoms. The zero-order chi connectivity index (χ0) is 15.7. The van der Waals surface area contributed by atoms with E-state index in [1.807, 2.05) is 0 Å². The van der Waals surface area contributed by atoms with Crippen molar-refractivity contribution in [3.05, 3.63) is 18.3 Å². The fourth-order valence-electron chi connectivity index (χ4n) is 2.27. The van der Waals surface area contributed by atoms with Crippen molar-refractivity contribution in [2.45, 2.75) is 23.9 Å². The maximum absolute atomic E-state index is 12.6. The lowest BCUT2D eigenvalue weighted by Gasteiger charge is -2.32. The van der Waals surface area contributed by atoms with E-state index in [0.717, 1.165) is 4.31 Å². The van der Waals surface area contributed by atoms with Gasteiger partial charge >= 0.3 is 6.18 Å². The van der Waals surface area contributed by atoms with Crippen LogP contribution in [-0.4, -0.2) is 37.0 Å². The molecule has 0 aliphatic carbocycles. The quantitative estimate of drug-likeness (QED) is 0.647. The Morgan fingerprint density at radius 1 is 1.33 bits per heavy atom. The minimum atomic E-state index is -4.28. The molecule has 1 aliphatic rings. The van der Waals surface area contributed by atoms with Gasteiger partial charge in [0.25, 0.3) is 0 Å². The first-order valence-corrected chi connectivity index (χ1v) is 7.69. The Labute approximate surface area is 120 Å². The highest BCUT2D eigenvalue weighted by Gasteiger charge is 2.43. The third-order valence-electron chi connectivity index (χ3n) is 3.44. The second-order valence-corrected chi connectivity index (χ2v) is 6.62. The minimum Gasteiger partial charge on any atom is -0.307 e. The van der Waals surface area contributed by atoms with Crippen LogP contribution in [0.15, 0.2) is 23.2 Å². The lowest BCUT2D eigenvalue weighted by Crippen LogP contribution is -2.42. The zero-order valence-corrected chi connectivity index (χ0v) is 11.8. The normalized spacial score (nSPS) is 18.7. The number of nitrogens with one attached hydrogen (secondary N) is 1. The first-order chi connectivity index (χ1) is 9.76. The molecule has 1 aromatic heterocycles. The monoisotopic (exact) mass is 324 g/mol. The number of hydrogen-bond acceptors (Lipinski definition) is 5. The van der Waals surface area contributed by atoms with Crippen molar-refractivity contribution in [2.24, 2.45) is 11.8 Å². The zero-order valence-electron chi connectivity index (χ0n) is 11.0. The van der Waals surface area contributed by atoms with Crippen LogP contribution >= 0.6 is 0 Å². The van der Waals surface area contributed by atoms with E-state index in [9.17, 15) is 21.6 Å². The Morgan fingerprint density at radius 3 is 2.48 bits per heavy atom. The molecule has 0 spiro atoms. The van der Waals surface area contributed by atoms with Crippen molar-refractivity contribution in [1.82, 2.24) is 9.29 Å². The van der Waals surface area contributed by atoms with Gasteiger partial charge in [-0.05, 0) is 25.0 Å². The Kier molecular flexibility index (Phi) is 4.40. The van der Waals surface area contributed by atoms with Gasteiger partial charge in [-0.25, -0.2) is 19.2 Å². The Morgan fingerprint density at radius 2 is 1.95 bits per heavy atom. The molecule has 0 saturated carbocycles. The summed E-state index contributed by atoms with van der Waals surface area (Å²) in [6.45, 7) is -0.350. The minimum absolute atomic E-state index is 0.0320. The highest BCUT2D eigenvalue weighted by atomic mass is 32.2.